The quantitative estimate of drug-likeness (QED) is 0.916. The normalized spacial score (nSPS) is 14.2. The van der Waals surface area contributed by atoms with Gasteiger partial charge in [-0.3, -0.25) is 9.69 Å². The molecule has 1 aliphatic heterocycles. The van der Waals surface area contributed by atoms with E-state index in [9.17, 15) is 4.79 Å². The van der Waals surface area contributed by atoms with Crippen LogP contribution in [-0.2, 0) is 4.79 Å². The van der Waals surface area contributed by atoms with Crippen molar-refractivity contribution in [2.75, 3.05) is 23.9 Å². The molecular weight excluding hydrogens is 288 g/mol. The van der Waals surface area contributed by atoms with Crippen molar-refractivity contribution < 1.29 is 9.53 Å². The molecule has 0 radical (unpaired) electrons. The Morgan fingerprint density at radius 3 is 2.67 bits per heavy atom. The molecule has 0 atom stereocenters. The number of carbonyl (C=O) groups is 1. The fourth-order valence-electron chi connectivity index (χ4n) is 2.40. The third-order valence-electron chi connectivity index (χ3n) is 3.44. The van der Waals surface area contributed by atoms with Crippen LogP contribution in [0.5, 0.6) is 5.75 Å². The Morgan fingerprint density at radius 1 is 1.19 bits per heavy atom. The Hall–Kier alpha value is -2.20. The number of ether oxygens (including phenoxy) is 1. The van der Waals surface area contributed by atoms with E-state index in [1.807, 2.05) is 36.4 Å². The molecule has 0 spiro atoms. The number of anilines is 3. The molecule has 1 N–H and O–H groups in total. The lowest BCUT2D eigenvalue weighted by atomic mass is 10.2. The summed E-state index contributed by atoms with van der Waals surface area (Å²) >= 11 is 6.09. The lowest BCUT2D eigenvalue weighted by molar-refractivity contribution is -0.117. The number of halogens is 1. The third kappa shape index (κ3) is 2.67. The van der Waals surface area contributed by atoms with Gasteiger partial charge >= 0.3 is 0 Å². The smallest absolute Gasteiger partial charge is 0.233 e. The molecule has 0 unspecified atom stereocenters. The van der Waals surface area contributed by atoms with Crippen LogP contribution in [0.4, 0.5) is 17.1 Å². The molecule has 1 aliphatic rings. The molecular formula is C16H15ClN2O2. The number of hydrogen-bond acceptors (Lipinski definition) is 3. The summed E-state index contributed by atoms with van der Waals surface area (Å²) < 4.78 is 5.16. The Morgan fingerprint density at radius 2 is 1.95 bits per heavy atom. The van der Waals surface area contributed by atoms with Crippen LogP contribution >= 0.6 is 11.6 Å². The zero-order chi connectivity index (χ0) is 14.8. The summed E-state index contributed by atoms with van der Waals surface area (Å²) in [5.41, 5.74) is 2.48. The molecule has 3 rings (SSSR count). The van der Waals surface area contributed by atoms with Crippen LogP contribution in [0.3, 0.4) is 0 Å². The van der Waals surface area contributed by atoms with Gasteiger partial charge in [0.05, 0.1) is 18.5 Å². The van der Waals surface area contributed by atoms with Gasteiger partial charge in [-0.25, -0.2) is 0 Å². The second-order valence-electron chi connectivity index (χ2n) is 4.77. The molecule has 2 aromatic carbocycles. The Kier molecular flexibility index (Phi) is 3.71. The van der Waals surface area contributed by atoms with Gasteiger partial charge in [-0.2, -0.15) is 0 Å². The highest BCUT2D eigenvalue weighted by molar-refractivity contribution is 6.31. The summed E-state index contributed by atoms with van der Waals surface area (Å²) in [6.45, 7) is 0.611. The van der Waals surface area contributed by atoms with Crippen LogP contribution in [0.15, 0.2) is 42.5 Å². The molecule has 0 bridgehead atoms. The van der Waals surface area contributed by atoms with Crippen LogP contribution in [0, 0.1) is 0 Å². The van der Waals surface area contributed by atoms with Gasteiger partial charge < -0.3 is 10.1 Å². The number of rotatable bonds is 2. The van der Waals surface area contributed by atoms with E-state index >= 15 is 0 Å². The number of carbonyl (C=O) groups excluding carboxylic acids is 1. The lowest BCUT2D eigenvalue weighted by Crippen LogP contribution is -2.25. The van der Waals surface area contributed by atoms with Crippen LogP contribution in [-0.4, -0.2) is 19.6 Å². The van der Waals surface area contributed by atoms with Crippen molar-refractivity contribution in [2.45, 2.75) is 6.42 Å². The first-order valence-corrected chi connectivity index (χ1v) is 7.07. The van der Waals surface area contributed by atoms with Gasteiger partial charge in [0.15, 0.2) is 0 Å². The van der Waals surface area contributed by atoms with Crippen LogP contribution in [0.25, 0.3) is 0 Å². The van der Waals surface area contributed by atoms with E-state index in [0.29, 0.717) is 18.0 Å². The largest absolute Gasteiger partial charge is 0.497 e. The first-order chi connectivity index (χ1) is 10.2. The molecule has 0 aliphatic carbocycles. The minimum absolute atomic E-state index is 0.0358. The monoisotopic (exact) mass is 302 g/mol. The molecule has 21 heavy (non-hydrogen) atoms. The van der Waals surface area contributed by atoms with Gasteiger partial charge in [0.2, 0.25) is 5.91 Å². The van der Waals surface area contributed by atoms with E-state index in [0.717, 1.165) is 22.8 Å². The van der Waals surface area contributed by atoms with Crippen LogP contribution in [0.1, 0.15) is 6.42 Å². The average molecular weight is 303 g/mol. The molecule has 0 aromatic heterocycles. The number of benzene rings is 2. The summed E-state index contributed by atoms with van der Waals surface area (Å²) in [4.78, 5) is 14.1. The molecule has 4 nitrogen and oxygen atoms in total. The standard InChI is InChI=1S/C16H15ClN2O2/c1-21-13-5-3-12(4-6-13)19-15-10-11(17)2-7-14(15)18-9-8-16(19)20/h2-7,10,18H,8-9H2,1H3. The minimum Gasteiger partial charge on any atom is -0.497 e. The predicted molar refractivity (Wildman–Crippen MR) is 84.7 cm³/mol. The maximum absolute atomic E-state index is 12.5. The molecule has 0 fully saturated rings. The Labute approximate surface area is 128 Å². The third-order valence-corrected chi connectivity index (χ3v) is 3.67. The number of amides is 1. The number of hydrogen-bond donors (Lipinski definition) is 1. The van der Waals surface area contributed by atoms with Crippen molar-refractivity contribution in [2.24, 2.45) is 0 Å². The maximum atomic E-state index is 12.5. The van der Waals surface area contributed by atoms with Crippen molar-refractivity contribution in [1.29, 1.82) is 0 Å². The van der Waals surface area contributed by atoms with E-state index in [1.54, 1.807) is 18.1 Å². The summed E-state index contributed by atoms with van der Waals surface area (Å²) in [7, 11) is 1.62. The van der Waals surface area contributed by atoms with E-state index in [4.69, 9.17) is 16.3 Å². The van der Waals surface area contributed by atoms with Crippen LogP contribution < -0.4 is 15.0 Å². The van der Waals surface area contributed by atoms with Crippen LogP contribution in [0.2, 0.25) is 5.02 Å². The Bertz CT molecular complexity index is 670. The summed E-state index contributed by atoms with van der Waals surface area (Å²) in [5, 5.41) is 3.86. The molecule has 0 saturated carbocycles. The van der Waals surface area contributed by atoms with Crippen molar-refractivity contribution in [3.8, 4) is 5.75 Å². The molecule has 2 aromatic rings. The summed E-state index contributed by atoms with van der Waals surface area (Å²) in [5.74, 6) is 0.791. The second kappa shape index (κ2) is 5.66. The average Bonchev–Trinajstić information content (AvgIpc) is 2.65. The maximum Gasteiger partial charge on any atom is 0.233 e. The van der Waals surface area contributed by atoms with Crippen molar-refractivity contribution >= 4 is 34.6 Å². The molecule has 1 heterocycles. The van der Waals surface area contributed by atoms with Crippen molar-refractivity contribution in [1.82, 2.24) is 0 Å². The number of nitrogens with one attached hydrogen (secondary N) is 1. The van der Waals surface area contributed by atoms with Crippen molar-refractivity contribution in [3.05, 3.63) is 47.5 Å². The SMILES string of the molecule is COc1ccc(N2C(=O)CCNc3ccc(Cl)cc32)cc1. The summed E-state index contributed by atoms with van der Waals surface area (Å²) in [6.07, 6.45) is 0.429. The number of fused-ring (bicyclic) bond motifs is 1. The minimum atomic E-state index is 0.0358. The van der Waals surface area contributed by atoms with Crippen molar-refractivity contribution in [3.63, 3.8) is 0 Å². The van der Waals surface area contributed by atoms with Gasteiger partial charge in [0.1, 0.15) is 5.75 Å². The topological polar surface area (TPSA) is 41.6 Å². The lowest BCUT2D eigenvalue weighted by Gasteiger charge is -2.23. The van der Waals surface area contributed by atoms with Gasteiger partial charge in [-0.05, 0) is 42.5 Å². The van der Waals surface area contributed by atoms with Gasteiger partial charge in [-0.15, -0.1) is 0 Å². The highest BCUT2D eigenvalue weighted by atomic mass is 35.5. The zero-order valence-corrected chi connectivity index (χ0v) is 12.4. The fourth-order valence-corrected chi connectivity index (χ4v) is 2.57. The highest BCUT2D eigenvalue weighted by Crippen LogP contribution is 2.37. The van der Waals surface area contributed by atoms with Gasteiger partial charge in [0, 0.05) is 23.7 Å². The zero-order valence-electron chi connectivity index (χ0n) is 11.6. The first-order valence-electron chi connectivity index (χ1n) is 6.69. The van der Waals surface area contributed by atoms with E-state index in [-0.39, 0.29) is 5.91 Å². The van der Waals surface area contributed by atoms with E-state index in [1.165, 1.54) is 0 Å². The number of nitrogens with zero attached hydrogens (tertiary/aromatic N) is 1. The predicted octanol–water partition coefficient (Wildman–Crippen LogP) is 3.83. The van der Waals surface area contributed by atoms with E-state index in [2.05, 4.69) is 5.32 Å². The first kappa shape index (κ1) is 13.8. The second-order valence-corrected chi connectivity index (χ2v) is 5.20. The number of methoxy groups -OCH3 is 1. The fraction of sp³-hybridized carbons (Fsp3) is 0.188. The highest BCUT2D eigenvalue weighted by Gasteiger charge is 2.23. The Balaban J connectivity index is 2.10. The van der Waals surface area contributed by atoms with E-state index < -0.39 is 0 Å². The summed E-state index contributed by atoms with van der Waals surface area (Å²) in [6, 6.07) is 12.9. The molecule has 1 amide bonds. The molecule has 108 valence electrons. The van der Waals surface area contributed by atoms with Gasteiger partial charge in [-0.1, -0.05) is 11.6 Å². The van der Waals surface area contributed by atoms with Gasteiger partial charge in [0.25, 0.3) is 0 Å². The molecule has 5 heteroatoms. The molecule has 0 saturated heterocycles.